The van der Waals surface area contributed by atoms with Crippen LogP contribution >= 0.6 is 0 Å². The Labute approximate surface area is 167 Å². The first-order valence-corrected chi connectivity index (χ1v) is 9.01. The van der Waals surface area contributed by atoms with Crippen LogP contribution < -0.4 is 10.6 Å². The number of halogens is 1. The van der Waals surface area contributed by atoms with Crippen LogP contribution in [0.5, 0.6) is 0 Å². The minimum absolute atomic E-state index is 0.110. The lowest BCUT2D eigenvalue weighted by atomic mass is 10.1. The smallest absolute Gasteiger partial charge is 0.306 e. The van der Waals surface area contributed by atoms with E-state index in [2.05, 4.69) is 10.6 Å². The second-order valence-electron chi connectivity index (χ2n) is 6.08. The first-order chi connectivity index (χ1) is 13.9. The second kappa shape index (κ2) is 10.7. The van der Waals surface area contributed by atoms with Gasteiger partial charge in [-0.15, -0.1) is 0 Å². The zero-order chi connectivity index (χ0) is 21.2. The van der Waals surface area contributed by atoms with E-state index in [1.807, 2.05) is 0 Å². The number of carbonyl (C=O) groups excluding carboxylic acids is 4. The maximum Gasteiger partial charge on any atom is 0.306 e. The number of carbonyl (C=O) groups is 4. The number of nitrogens with one attached hydrogen (secondary N) is 2. The summed E-state index contributed by atoms with van der Waals surface area (Å²) >= 11 is 0. The molecule has 0 fully saturated rings. The highest BCUT2D eigenvalue weighted by Gasteiger charge is 2.13. The summed E-state index contributed by atoms with van der Waals surface area (Å²) in [4.78, 5) is 47.4. The third-order valence-corrected chi connectivity index (χ3v) is 3.83. The number of Topliss-reactive ketones (excluding diaryl/α,β-unsaturated/α-hetero) is 1. The van der Waals surface area contributed by atoms with Crippen molar-refractivity contribution in [3.63, 3.8) is 0 Å². The van der Waals surface area contributed by atoms with Crippen molar-refractivity contribution in [1.82, 2.24) is 5.32 Å². The van der Waals surface area contributed by atoms with Crippen LogP contribution in [0.15, 0.2) is 48.5 Å². The molecule has 8 heteroatoms. The number of rotatable bonds is 9. The van der Waals surface area contributed by atoms with E-state index in [1.165, 1.54) is 18.2 Å². The van der Waals surface area contributed by atoms with Crippen molar-refractivity contribution < 1.29 is 28.3 Å². The van der Waals surface area contributed by atoms with Gasteiger partial charge >= 0.3 is 5.97 Å². The van der Waals surface area contributed by atoms with Crippen LogP contribution in [0.25, 0.3) is 0 Å². The van der Waals surface area contributed by atoms with Crippen molar-refractivity contribution in [1.29, 1.82) is 0 Å². The average Bonchev–Trinajstić information content (AvgIpc) is 2.71. The van der Waals surface area contributed by atoms with E-state index in [-0.39, 0.29) is 24.5 Å². The number of esters is 1. The molecule has 0 spiro atoms. The van der Waals surface area contributed by atoms with Gasteiger partial charge in [0.05, 0.1) is 6.42 Å². The van der Waals surface area contributed by atoms with E-state index >= 15 is 0 Å². The van der Waals surface area contributed by atoms with Gasteiger partial charge in [-0.3, -0.25) is 19.2 Å². The van der Waals surface area contributed by atoms with E-state index in [0.717, 1.165) is 12.1 Å². The molecule has 152 valence electrons. The Bertz CT molecular complexity index is 896. The number of benzene rings is 2. The van der Waals surface area contributed by atoms with Crippen LogP contribution in [-0.2, 0) is 14.3 Å². The maximum absolute atomic E-state index is 12.8. The fraction of sp³-hybridized carbons (Fsp3) is 0.238. The number of ketones is 1. The van der Waals surface area contributed by atoms with Crippen molar-refractivity contribution in [2.75, 3.05) is 18.5 Å². The lowest BCUT2D eigenvalue weighted by Crippen LogP contribution is -2.23. The number of amides is 2. The summed E-state index contributed by atoms with van der Waals surface area (Å²) in [6, 6.07) is 11.3. The summed E-state index contributed by atoms with van der Waals surface area (Å²) in [6.45, 7) is 1.76. The number of ether oxygens (including phenoxy) is 1. The van der Waals surface area contributed by atoms with Crippen LogP contribution in [0.4, 0.5) is 10.1 Å². The summed E-state index contributed by atoms with van der Waals surface area (Å²) < 4.78 is 17.7. The van der Waals surface area contributed by atoms with Crippen molar-refractivity contribution >= 4 is 29.3 Å². The molecule has 0 radical (unpaired) electrons. The highest BCUT2D eigenvalue weighted by molar-refractivity contribution is 5.99. The van der Waals surface area contributed by atoms with Gasteiger partial charge in [-0.05, 0) is 49.4 Å². The third-order valence-electron chi connectivity index (χ3n) is 3.83. The second-order valence-corrected chi connectivity index (χ2v) is 6.08. The molecule has 7 nitrogen and oxygen atoms in total. The van der Waals surface area contributed by atoms with Gasteiger partial charge < -0.3 is 15.4 Å². The topological polar surface area (TPSA) is 102 Å². The summed E-state index contributed by atoms with van der Waals surface area (Å²) in [5.74, 6) is -2.32. The minimum atomic E-state index is -0.702. The molecule has 0 aliphatic rings. The standard InChI is InChI=1S/C21H21FN2O5/c1-2-23-21(28)15-4-3-5-17(12-15)24-19(26)13-29-20(27)11-10-18(25)14-6-8-16(22)9-7-14/h3-9,12H,2,10-11,13H2,1H3,(H,23,28)(H,24,26). The third kappa shape index (κ3) is 7.17. The van der Waals surface area contributed by atoms with Gasteiger partial charge in [0.1, 0.15) is 5.82 Å². The SMILES string of the molecule is CCNC(=O)c1cccc(NC(=O)COC(=O)CCC(=O)c2ccc(F)cc2)c1. The van der Waals surface area contributed by atoms with E-state index in [9.17, 15) is 23.6 Å². The van der Waals surface area contributed by atoms with Crippen molar-refractivity contribution in [2.45, 2.75) is 19.8 Å². The van der Waals surface area contributed by atoms with E-state index < -0.39 is 24.3 Å². The fourth-order valence-corrected chi connectivity index (χ4v) is 2.41. The van der Waals surface area contributed by atoms with Crippen molar-refractivity contribution in [2.24, 2.45) is 0 Å². The molecule has 0 heterocycles. The number of hydrogen-bond donors (Lipinski definition) is 2. The largest absolute Gasteiger partial charge is 0.456 e. The molecule has 29 heavy (non-hydrogen) atoms. The van der Waals surface area contributed by atoms with E-state index in [0.29, 0.717) is 23.4 Å². The highest BCUT2D eigenvalue weighted by Crippen LogP contribution is 2.11. The first kappa shape index (κ1) is 21.7. The summed E-state index contributed by atoms with van der Waals surface area (Å²) in [5.41, 5.74) is 1.08. The van der Waals surface area contributed by atoms with Gasteiger partial charge in [0.2, 0.25) is 0 Å². The monoisotopic (exact) mass is 400 g/mol. The summed E-state index contributed by atoms with van der Waals surface area (Å²) in [6.07, 6.45) is -0.309. The number of hydrogen-bond acceptors (Lipinski definition) is 5. The molecule has 0 unspecified atom stereocenters. The molecule has 0 aliphatic carbocycles. The van der Waals surface area contributed by atoms with Crippen molar-refractivity contribution in [3.8, 4) is 0 Å². The molecule has 0 aromatic heterocycles. The molecule has 0 saturated carbocycles. The van der Waals surface area contributed by atoms with Gasteiger partial charge in [-0.25, -0.2) is 4.39 Å². The molecule has 0 atom stereocenters. The minimum Gasteiger partial charge on any atom is -0.456 e. The lowest BCUT2D eigenvalue weighted by molar-refractivity contribution is -0.147. The zero-order valence-corrected chi connectivity index (χ0v) is 15.9. The molecule has 2 rings (SSSR count). The lowest BCUT2D eigenvalue weighted by Gasteiger charge is -2.08. The molecule has 2 amide bonds. The van der Waals surface area contributed by atoms with Crippen LogP contribution in [0.3, 0.4) is 0 Å². The van der Waals surface area contributed by atoms with Gasteiger partial charge in [0.25, 0.3) is 11.8 Å². The van der Waals surface area contributed by atoms with Crippen molar-refractivity contribution in [3.05, 3.63) is 65.5 Å². The summed E-state index contributed by atoms with van der Waals surface area (Å²) in [5, 5.41) is 5.19. The van der Waals surface area contributed by atoms with Gasteiger partial charge in [-0.1, -0.05) is 6.07 Å². The molecule has 0 bridgehead atoms. The van der Waals surface area contributed by atoms with Crippen LogP contribution in [0, 0.1) is 5.82 Å². The van der Waals surface area contributed by atoms with Gasteiger partial charge in [0, 0.05) is 29.8 Å². The van der Waals surface area contributed by atoms with Crippen LogP contribution in [0.2, 0.25) is 0 Å². The molecule has 0 saturated heterocycles. The average molecular weight is 400 g/mol. The molecular weight excluding hydrogens is 379 g/mol. The Balaban J connectivity index is 1.76. The fourth-order valence-electron chi connectivity index (χ4n) is 2.41. The first-order valence-electron chi connectivity index (χ1n) is 9.01. The molecule has 2 N–H and O–H groups in total. The van der Waals surface area contributed by atoms with Gasteiger partial charge in [0.15, 0.2) is 12.4 Å². The Hall–Kier alpha value is -3.55. The molecular formula is C21H21FN2O5. The van der Waals surface area contributed by atoms with E-state index in [4.69, 9.17) is 4.74 Å². The summed E-state index contributed by atoms with van der Waals surface area (Å²) in [7, 11) is 0. The number of anilines is 1. The molecule has 2 aromatic rings. The Morgan fingerprint density at radius 2 is 1.69 bits per heavy atom. The molecule has 2 aromatic carbocycles. The predicted octanol–water partition coefficient (Wildman–Crippen LogP) is 2.72. The Morgan fingerprint density at radius 1 is 0.966 bits per heavy atom. The molecule has 0 aliphatic heterocycles. The maximum atomic E-state index is 12.8. The van der Waals surface area contributed by atoms with E-state index in [1.54, 1.807) is 25.1 Å². The predicted molar refractivity (Wildman–Crippen MR) is 104 cm³/mol. The quantitative estimate of drug-likeness (QED) is 0.498. The van der Waals surface area contributed by atoms with Gasteiger partial charge in [-0.2, -0.15) is 0 Å². The Kier molecular flexibility index (Phi) is 8.02. The highest BCUT2D eigenvalue weighted by atomic mass is 19.1. The van der Waals surface area contributed by atoms with Crippen LogP contribution in [-0.4, -0.2) is 36.7 Å². The zero-order valence-electron chi connectivity index (χ0n) is 15.9. The normalized spacial score (nSPS) is 10.1. The van der Waals surface area contributed by atoms with Crippen LogP contribution in [0.1, 0.15) is 40.5 Å². The Morgan fingerprint density at radius 3 is 2.38 bits per heavy atom.